The number of aromatic nitrogens is 3. The highest BCUT2D eigenvalue weighted by Gasteiger charge is 2.22. The summed E-state index contributed by atoms with van der Waals surface area (Å²) in [5.41, 5.74) is 3.26. The van der Waals surface area contributed by atoms with Gasteiger partial charge >= 0.3 is 0 Å². The van der Waals surface area contributed by atoms with Crippen LogP contribution in [-0.4, -0.2) is 32.6 Å². The summed E-state index contributed by atoms with van der Waals surface area (Å²) in [4.78, 5) is 19.2. The van der Waals surface area contributed by atoms with Gasteiger partial charge < -0.3 is 4.90 Å². The number of carbonyl (C=O) groups is 1. The van der Waals surface area contributed by atoms with Gasteiger partial charge in [-0.15, -0.1) is 11.3 Å². The molecule has 0 fully saturated rings. The molecule has 0 aliphatic heterocycles. The highest BCUT2D eigenvalue weighted by molar-refractivity contribution is 7.13. The number of rotatable bonds is 5. The molecular weight excluding hydrogens is 404 g/mol. The van der Waals surface area contributed by atoms with E-state index in [-0.39, 0.29) is 11.9 Å². The average molecular weight is 423 g/mol. The number of carbonyl (C=O) groups excluding carboxylic acids is 1. The number of amides is 1. The molecule has 0 bridgehead atoms. The second-order valence-electron chi connectivity index (χ2n) is 6.69. The van der Waals surface area contributed by atoms with Gasteiger partial charge in [-0.2, -0.15) is 5.10 Å². The van der Waals surface area contributed by atoms with E-state index in [9.17, 15) is 4.79 Å². The van der Waals surface area contributed by atoms with Crippen LogP contribution in [0.5, 0.6) is 0 Å². The maximum absolute atomic E-state index is 12.9. The van der Waals surface area contributed by atoms with E-state index in [0.717, 1.165) is 21.8 Å². The molecule has 1 unspecified atom stereocenters. The average Bonchev–Trinajstić information content (AvgIpc) is 3.42. The Labute approximate surface area is 178 Å². The first-order chi connectivity index (χ1) is 14.0. The van der Waals surface area contributed by atoms with E-state index in [1.165, 1.54) is 11.3 Å². The maximum Gasteiger partial charge on any atom is 0.273 e. The summed E-state index contributed by atoms with van der Waals surface area (Å²) in [5, 5.41) is 7.61. The van der Waals surface area contributed by atoms with Crippen LogP contribution in [-0.2, 0) is 0 Å². The minimum absolute atomic E-state index is 0.118. The van der Waals surface area contributed by atoms with Crippen molar-refractivity contribution < 1.29 is 4.79 Å². The van der Waals surface area contributed by atoms with E-state index in [4.69, 9.17) is 11.6 Å². The maximum atomic E-state index is 12.9. The third-order valence-corrected chi connectivity index (χ3v) is 5.93. The Bertz CT molecular complexity index is 1140. The van der Waals surface area contributed by atoms with Gasteiger partial charge in [-0.3, -0.25) is 4.79 Å². The molecule has 4 aromatic rings. The molecule has 29 heavy (non-hydrogen) atoms. The molecule has 0 N–H and O–H groups in total. The molecule has 0 saturated carbocycles. The van der Waals surface area contributed by atoms with Crippen LogP contribution in [0.15, 0.2) is 72.4 Å². The fraction of sp³-hybridized carbons (Fsp3) is 0.136. The topological polar surface area (TPSA) is 51.0 Å². The first kappa shape index (κ1) is 19.4. The molecule has 2 aromatic carbocycles. The summed E-state index contributed by atoms with van der Waals surface area (Å²) in [6.07, 6.45) is 3.68. The Morgan fingerprint density at radius 1 is 1.17 bits per heavy atom. The van der Waals surface area contributed by atoms with Crippen molar-refractivity contribution in [1.82, 2.24) is 19.7 Å². The highest BCUT2D eigenvalue weighted by Crippen LogP contribution is 2.27. The Kier molecular flexibility index (Phi) is 5.47. The number of hydrogen-bond acceptors (Lipinski definition) is 4. The Morgan fingerprint density at radius 2 is 1.97 bits per heavy atom. The van der Waals surface area contributed by atoms with E-state index in [1.54, 1.807) is 28.2 Å². The van der Waals surface area contributed by atoms with Crippen LogP contribution in [0.4, 0.5) is 0 Å². The number of hydrogen-bond donors (Lipinski definition) is 0. The van der Waals surface area contributed by atoms with Gasteiger partial charge in [0.25, 0.3) is 5.91 Å². The number of para-hydroxylation sites is 1. The van der Waals surface area contributed by atoms with E-state index < -0.39 is 0 Å². The second-order valence-corrected chi connectivity index (χ2v) is 7.99. The lowest BCUT2D eigenvalue weighted by Crippen LogP contribution is -2.29. The molecule has 4 rings (SSSR count). The van der Waals surface area contributed by atoms with Crippen LogP contribution in [0.3, 0.4) is 0 Å². The van der Waals surface area contributed by atoms with Gasteiger partial charge in [0.05, 0.1) is 17.9 Å². The molecule has 0 aliphatic rings. The van der Waals surface area contributed by atoms with Gasteiger partial charge in [0.2, 0.25) is 0 Å². The van der Waals surface area contributed by atoms with E-state index >= 15 is 0 Å². The second kappa shape index (κ2) is 8.19. The zero-order valence-corrected chi connectivity index (χ0v) is 17.6. The van der Waals surface area contributed by atoms with Crippen LogP contribution in [0.2, 0.25) is 5.02 Å². The fourth-order valence-corrected chi connectivity index (χ4v) is 3.97. The number of thiazole rings is 1. The minimum Gasteiger partial charge on any atom is -0.334 e. The predicted molar refractivity (Wildman–Crippen MR) is 117 cm³/mol. The number of halogens is 1. The van der Waals surface area contributed by atoms with Gasteiger partial charge in [0.15, 0.2) is 0 Å². The molecule has 5 nitrogen and oxygen atoms in total. The molecule has 7 heteroatoms. The first-order valence-electron chi connectivity index (χ1n) is 9.11. The van der Waals surface area contributed by atoms with Gasteiger partial charge in [0.1, 0.15) is 10.7 Å². The van der Waals surface area contributed by atoms with Crippen LogP contribution < -0.4 is 0 Å². The smallest absolute Gasteiger partial charge is 0.273 e. The standard InChI is InChI=1S/C22H19ClN4OS/c1-15(16-7-6-8-18(23)11-16)26(2)22(28)20-14-29-21(25-20)17-12-24-27(13-17)19-9-4-3-5-10-19/h3-15H,1-2H3. The highest BCUT2D eigenvalue weighted by atomic mass is 35.5. The van der Waals surface area contributed by atoms with Crippen molar-refractivity contribution >= 4 is 28.8 Å². The lowest BCUT2D eigenvalue weighted by molar-refractivity contribution is 0.0737. The normalized spacial score (nSPS) is 12.0. The number of benzene rings is 2. The molecule has 0 saturated heterocycles. The first-order valence-corrected chi connectivity index (χ1v) is 10.4. The lowest BCUT2D eigenvalue weighted by atomic mass is 10.1. The quantitative estimate of drug-likeness (QED) is 0.427. The summed E-state index contributed by atoms with van der Waals surface area (Å²) in [5.74, 6) is -0.129. The molecular formula is C22H19ClN4OS. The van der Waals surface area contributed by atoms with Crippen LogP contribution in [0.1, 0.15) is 29.0 Å². The van der Waals surface area contributed by atoms with Crippen LogP contribution in [0, 0.1) is 0 Å². The van der Waals surface area contributed by atoms with Crippen molar-refractivity contribution in [2.75, 3.05) is 7.05 Å². The third-order valence-electron chi connectivity index (χ3n) is 4.81. The molecule has 2 aromatic heterocycles. The molecule has 0 spiro atoms. The van der Waals surface area contributed by atoms with Crippen molar-refractivity contribution in [3.05, 3.63) is 88.7 Å². The summed E-state index contributed by atoms with van der Waals surface area (Å²) < 4.78 is 1.80. The minimum atomic E-state index is -0.129. The lowest BCUT2D eigenvalue weighted by Gasteiger charge is -2.24. The van der Waals surface area contributed by atoms with Crippen LogP contribution >= 0.6 is 22.9 Å². The summed E-state index contributed by atoms with van der Waals surface area (Å²) in [6, 6.07) is 17.3. The van der Waals surface area contributed by atoms with E-state index in [0.29, 0.717) is 10.7 Å². The monoisotopic (exact) mass is 422 g/mol. The zero-order valence-electron chi connectivity index (χ0n) is 16.0. The molecule has 0 aliphatic carbocycles. The zero-order chi connectivity index (χ0) is 20.4. The van der Waals surface area contributed by atoms with Crippen molar-refractivity contribution in [2.24, 2.45) is 0 Å². The Morgan fingerprint density at radius 3 is 2.72 bits per heavy atom. The van der Waals surface area contributed by atoms with E-state index in [2.05, 4.69) is 10.1 Å². The van der Waals surface area contributed by atoms with E-state index in [1.807, 2.05) is 67.7 Å². The summed E-state index contributed by atoms with van der Waals surface area (Å²) >= 11 is 7.52. The van der Waals surface area contributed by atoms with Crippen molar-refractivity contribution in [3.63, 3.8) is 0 Å². The molecule has 0 radical (unpaired) electrons. The van der Waals surface area contributed by atoms with Crippen LogP contribution in [0.25, 0.3) is 16.3 Å². The summed E-state index contributed by atoms with van der Waals surface area (Å²) in [7, 11) is 1.78. The van der Waals surface area contributed by atoms with Crippen molar-refractivity contribution in [1.29, 1.82) is 0 Å². The summed E-state index contributed by atoms with van der Waals surface area (Å²) in [6.45, 7) is 1.97. The molecule has 1 amide bonds. The fourth-order valence-electron chi connectivity index (χ4n) is 3.01. The van der Waals surface area contributed by atoms with Gasteiger partial charge in [-0.25, -0.2) is 9.67 Å². The van der Waals surface area contributed by atoms with Gasteiger partial charge in [-0.1, -0.05) is 41.9 Å². The number of nitrogens with zero attached hydrogens (tertiary/aromatic N) is 4. The Hall–Kier alpha value is -2.96. The molecule has 2 heterocycles. The third kappa shape index (κ3) is 4.09. The molecule has 146 valence electrons. The van der Waals surface area contributed by atoms with Gasteiger partial charge in [-0.05, 0) is 36.8 Å². The largest absolute Gasteiger partial charge is 0.334 e. The SMILES string of the molecule is CC(c1cccc(Cl)c1)N(C)C(=O)c1csc(-c2cnn(-c3ccccc3)c2)n1. The molecule has 1 atom stereocenters. The predicted octanol–water partition coefficient (Wildman–Crippen LogP) is 5.48. The van der Waals surface area contributed by atoms with Crippen molar-refractivity contribution in [3.8, 4) is 16.3 Å². The van der Waals surface area contributed by atoms with Gasteiger partial charge in [0, 0.05) is 29.2 Å². The van der Waals surface area contributed by atoms with Crippen molar-refractivity contribution in [2.45, 2.75) is 13.0 Å². The Balaban J connectivity index is 1.53.